The van der Waals surface area contributed by atoms with Crippen LogP contribution >= 0.6 is 0 Å². The molecule has 0 saturated heterocycles. The molecule has 1 aromatic carbocycles. The van der Waals surface area contributed by atoms with Gasteiger partial charge in [0.1, 0.15) is 0 Å². The van der Waals surface area contributed by atoms with Gasteiger partial charge in [0.25, 0.3) is 0 Å². The number of nitrogen functional groups attached to an aromatic ring is 1. The van der Waals surface area contributed by atoms with Gasteiger partial charge >= 0.3 is 12.1 Å². The van der Waals surface area contributed by atoms with E-state index in [2.05, 4.69) is 0 Å². The lowest BCUT2D eigenvalue weighted by molar-refractivity contribution is -0.142. The summed E-state index contributed by atoms with van der Waals surface area (Å²) >= 11 is 0. The first-order chi connectivity index (χ1) is 9.11. The van der Waals surface area contributed by atoms with Gasteiger partial charge in [0.2, 0.25) is 5.91 Å². The molecule has 5 nitrogen and oxygen atoms in total. The van der Waals surface area contributed by atoms with E-state index >= 15 is 0 Å². The smallest absolute Gasteiger partial charge is 0.389 e. The fraction of sp³-hybridized carbons (Fsp3) is 0.333. The lowest BCUT2D eigenvalue weighted by Crippen LogP contribution is -2.28. The van der Waals surface area contributed by atoms with Gasteiger partial charge in [-0.05, 0) is 18.2 Å². The van der Waals surface area contributed by atoms with Crippen molar-refractivity contribution in [3.05, 3.63) is 23.8 Å². The minimum atomic E-state index is -4.41. The van der Waals surface area contributed by atoms with Gasteiger partial charge in [0.15, 0.2) is 0 Å². The van der Waals surface area contributed by atoms with Crippen molar-refractivity contribution >= 4 is 23.3 Å². The van der Waals surface area contributed by atoms with Crippen LogP contribution in [0.4, 0.5) is 24.5 Å². The van der Waals surface area contributed by atoms with Crippen molar-refractivity contribution in [3.8, 4) is 0 Å². The monoisotopic (exact) mass is 290 g/mol. The second-order valence-corrected chi connectivity index (χ2v) is 4.15. The molecule has 0 atom stereocenters. The summed E-state index contributed by atoms with van der Waals surface area (Å²) in [5.74, 6) is -1.94. The van der Waals surface area contributed by atoms with E-state index in [1.54, 1.807) is 0 Å². The van der Waals surface area contributed by atoms with E-state index in [1.807, 2.05) is 0 Å². The molecule has 20 heavy (non-hydrogen) atoms. The summed E-state index contributed by atoms with van der Waals surface area (Å²) in [6, 6.07) is 3.65. The fourth-order valence-electron chi connectivity index (χ4n) is 1.54. The first kappa shape index (κ1) is 15.8. The minimum absolute atomic E-state index is 0.00718. The van der Waals surface area contributed by atoms with Crippen molar-refractivity contribution in [2.24, 2.45) is 0 Å². The van der Waals surface area contributed by atoms with E-state index in [1.165, 1.54) is 19.2 Å². The number of carboxylic acid groups (broad SMARTS) is 1. The van der Waals surface area contributed by atoms with E-state index in [9.17, 15) is 22.8 Å². The number of carboxylic acids is 1. The lowest BCUT2D eigenvalue weighted by Gasteiger charge is -2.20. The molecular formula is C12H13F3N2O3. The molecule has 0 fully saturated rings. The molecule has 1 amide bonds. The highest BCUT2D eigenvalue weighted by Crippen LogP contribution is 2.26. The zero-order valence-electron chi connectivity index (χ0n) is 10.6. The average Bonchev–Trinajstić information content (AvgIpc) is 2.34. The second kappa shape index (κ2) is 5.81. The third-order valence-electron chi connectivity index (χ3n) is 2.63. The van der Waals surface area contributed by atoms with Crippen molar-refractivity contribution in [2.75, 3.05) is 17.7 Å². The first-order valence-corrected chi connectivity index (χ1v) is 5.58. The molecule has 1 rings (SSSR count). The number of anilines is 2. The van der Waals surface area contributed by atoms with Crippen LogP contribution in [-0.4, -0.2) is 30.2 Å². The summed E-state index contributed by atoms with van der Waals surface area (Å²) in [6.07, 6.45) is -6.32. The molecular weight excluding hydrogens is 277 g/mol. The Morgan fingerprint density at radius 2 is 1.95 bits per heavy atom. The van der Waals surface area contributed by atoms with Gasteiger partial charge in [-0.2, -0.15) is 13.2 Å². The van der Waals surface area contributed by atoms with Crippen molar-refractivity contribution in [2.45, 2.75) is 19.0 Å². The Bertz CT molecular complexity index is 529. The molecule has 0 radical (unpaired) electrons. The van der Waals surface area contributed by atoms with Crippen LogP contribution < -0.4 is 10.6 Å². The lowest BCUT2D eigenvalue weighted by atomic mass is 10.1. The van der Waals surface area contributed by atoms with Gasteiger partial charge in [-0.25, -0.2) is 4.79 Å². The summed E-state index contributed by atoms with van der Waals surface area (Å²) in [6.45, 7) is 0. The molecule has 1 aromatic rings. The Morgan fingerprint density at radius 1 is 1.35 bits per heavy atom. The van der Waals surface area contributed by atoms with Crippen LogP contribution in [0.3, 0.4) is 0 Å². The summed E-state index contributed by atoms with van der Waals surface area (Å²) in [4.78, 5) is 23.3. The van der Waals surface area contributed by atoms with Gasteiger partial charge in [-0.15, -0.1) is 0 Å². The maximum atomic E-state index is 12.0. The average molecular weight is 290 g/mol. The molecule has 3 N–H and O–H groups in total. The van der Waals surface area contributed by atoms with E-state index in [4.69, 9.17) is 10.8 Å². The number of nitrogens with zero attached hydrogens (tertiary/aromatic N) is 1. The number of hydrogen-bond acceptors (Lipinski definition) is 3. The molecule has 0 heterocycles. The number of hydrogen-bond donors (Lipinski definition) is 2. The normalized spacial score (nSPS) is 11.2. The quantitative estimate of drug-likeness (QED) is 0.833. The third-order valence-corrected chi connectivity index (χ3v) is 2.63. The summed E-state index contributed by atoms with van der Waals surface area (Å²) in [5, 5.41) is 8.76. The predicted molar refractivity (Wildman–Crippen MR) is 66.5 cm³/mol. The molecule has 0 aliphatic rings. The number of aromatic carboxylic acids is 1. The number of halogens is 3. The Morgan fingerprint density at radius 3 is 2.40 bits per heavy atom. The van der Waals surface area contributed by atoms with Crippen LogP contribution in [0.1, 0.15) is 23.2 Å². The zero-order valence-corrected chi connectivity index (χ0v) is 10.6. The number of carbonyl (C=O) groups is 2. The zero-order chi connectivity index (χ0) is 15.5. The summed E-state index contributed by atoms with van der Waals surface area (Å²) in [5.41, 5.74) is 5.71. The van der Waals surface area contributed by atoms with Crippen LogP contribution in [0.15, 0.2) is 18.2 Å². The third kappa shape index (κ3) is 4.15. The second-order valence-electron chi connectivity index (χ2n) is 4.15. The van der Waals surface area contributed by atoms with E-state index < -0.39 is 30.9 Å². The topological polar surface area (TPSA) is 83.6 Å². The molecule has 0 unspecified atom stereocenters. The minimum Gasteiger partial charge on any atom is -0.478 e. The maximum absolute atomic E-state index is 12.0. The Kier molecular flexibility index (Phi) is 4.59. The number of alkyl halides is 3. The highest BCUT2D eigenvalue weighted by Gasteiger charge is 2.29. The Labute approximate surface area is 112 Å². The fourth-order valence-corrected chi connectivity index (χ4v) is 1.54. The van der Waals surface area contributed by atoms with Crippen LogP contribution in [0.5, 0.6) is 0 Å². The van der Waals surface area contributed by atoms with E-state index in [-0.39, 0.29) is 16.9 Å². The van der Waals surface area contributed by atoms with E-state index in [0.29, 0.717) is 0 Å². The maximum Gasteiger partial charge on any atom is 0.389 e. The van der Waals surface area contributed by atoms with Crippen molar-refractivity contribution in [1.29, 1.82) is 0 Å². The van der Waals surface area contributed by atoms with E-state index in [0.717, 1.165) is 11.0 Å². The van der Waals surface area contributed by atoms with Gasteiger partial charge in [-0.3, -0.25) is 4.79 Å². The largest absolute Gasteiger partial charge is 0.478 e. The highest BCUT2D eigenvalue weighted by molar-refractivity contribution is 5.97. The molecule has 0 aromatic heterocycles. The number of carbonyl (C=O) groups excluding carboxylic acids is 1. The van der Waals surface area contributed by atoms with Gasteiger partial charge in [0.05, 0.1) is 23.4 Å². The SMILES string of the molecule is CN(C(=O)CCC(F)(F)F)c1ccc(C(=O)O)cc1N. The van der Waals surface area contributed by atoms with Crippen LogP contribution in [0.25, 0.3) is 0 Å². The molecule has 0 aliphatic heterocycles. The Hall–Kier alpha value is -2.25. The first-order valence-electron chi connectivity index (χ1n) is 5.58. The predicted octanol–water partition coefficient (Wildman–Crippen LogP) is 2.27. The van der Waals surface area contributed by atoms with Crippen LogP contribution in [0.2, 0.25) is 0 Å². The number of rotatable bonds is 4. The number of nitrogens with two attached hydrogens (primary N) is 1. The molecule has 0 bridgehead atoms. The molecule has 0 saturated carbocycles. The summed E-state index contributed by atoms with van der Waals surface area (Å²) < 4.78 is 36.1. The van der Waals surface area contributed by atoms with Crippen LogP contribution in [0, 0.1) is 0 Å². The van der Waals surface area contributed by atoms with Crippen molar-refractivity contribution in [3.63, 3.8) is 0 Å². The molecule has 8 heteroatoms. The van der Waals surface area contributed by atoms with Crippen molar-refractivity contribution < 1.29 is 27.9 Å². The standard InChI is InChI=1S/C12H13F3N2O3/c1-17(10(18)4-5-12(13,14)15)9-3-2-7(11(19)20)6-8(9)16/h2-3,6H,4-5,16H2,1H3,(H,19,20). The van der Waals surface area contributed by atoms with Crippen molar-refractivity contribution in [1.82, 2.24) is 0 Å². The summed E-state index contributed by atoms with van der Waals surface area (Å²) in [7, 11) is 1.28. The van der Waals surface area contributed by atoms with Gasteiger partial charge < -0.3 is 15.7 Å². The van der Waals surface area contributed by atoms with Gasteiger partial charge in [-0.1, -0.05) is 0 Å². The highest BCUT2D eigenvalue weighted by atomic mass is 19.4. The number of amides is 1. The molecule has 0 aliphatic carbocycles. The molecule has 0 spiro atoms. The number of benzene rings is 1. The van der Waals surface area contributed by atoms with Gasteiger partial charge in [0, 0.05) is 13.5 Å². The Balaban J connectivity index is 2.84. The van der Waals surface area contributed by atoms with Crippen LogP contribution in [-0.2, 0) is 4.79 Å². The molecule has 110 valence electrons.